The van der Waals surface area contributed by atoms with Gasteiger partial charge < -0.3 is 10.4 Å². The van der Waals surface area contributed by atoms with Crippen LogP contribution in [0.2, 0.25) is 0 Å². The second-order valence-electron chi connectivity index (χ2n) is 6.87. The van der Waals surface area contributed by atoms with E-state index in [0.717, 1.165) is 16.7 Å². The van der Waals surface area contributed by atoms with Crippen LogP contribution >= 0.6 is 0 Å². The van der Waals surface area contributed by atoms with Gasteiger partial charge in [0.05, 0.1) is 11.1 Å². The summed E-state index contributed by atoms with van der Waals surface area (Å²) in [4.78, 5) is 12.5. The molecule has 2 aliphatic rings. The molecule has 23 heavy (non-hydrogen) atoms. The van der Waals surface area contributed by atoms with Crippen molar-refractivity contribution in [2.45, 2.75) is 57.9 Å². The maximum absolute atomic E-state index is 13.4. The third-order valence-electron chi connectivity index (χ3n) is 5.22. The van der Waals surface area contributed by atoms with Gasteiger partial charge in [-0.1, -0.05) is 12.1 Å². The molecule has 1 fully saturated rings. The molecule has 1 aromatic carbocycles. The number of aliphatic hydroxyl groups excluding tert-OH is 1. The van der Waals surface area contributed by atoms with Gasteiger partial charge in [-0.2, -0.15) is 0 Å². The van der Waals surface area contributed by atoms with Gasteiger partial charge in [-0.15, -0.1) is 0 Å². The van der Waals surface area contributed by atoms with Crippen LogP contribution in [0.5, 0.6) is 0 Å². The minimum Gasteiger partial charge on any atom is -0.509 e. The average molecular weight is 321 g/mol. The number of hydrogen-bond acceptors (Lipinski definition) is 2. The summed E-state index contributed by atoms with van der Waals surface area (Å²) >= 11 is 0. The van der Waals surface area contributed by atoms with E-state index < -0.39 is 11.5 Å². The number of benzene rings is 1. The molecule has 1 aliphatic carbocycles. The first-order valence-electron chi connectivity index (χ1n) is 7.87. The number of amides is 1. The molecule has 0 bridgehead atoms. The van der Waals surface area contributed by atoms with Crippen molar-refractivity contribution in [1.29, 1.82) is 0 Å². The van der Waals surface area contributed by atoms with Gasteiger partial charge in [0, 0.05) is 12.8 Å². The van der Waals surface area contributed by atoms with E-state index in [4.69, 9.17) is 0 Å². The van der Waals surface area contributed by atoms with Crippen molar-refractivity contribution >= 4 is 11.5 Å². The van der Waals surface area contributed by atoms with E-state index in [0.29, 0.717) is 5.56 Å². The van der Waals surface area contributed by atoms with E-state index in [1.54, 1.807) is 0 Å². The highest BCUT2D eigenvalue weighted by molar-refractivity contribution is 6.23. The lowest BCUT2D eigenvalue weighted by Crippen LogP contribution is -2.49. The van der Waals surface area contributed by atoms with Crippen LogP contribution < -0.4 is 5.32 Å². The Balaban J connectivity index is 2.06. The molecule has 3 rings (SSSR count). The first-order valence-corrected chi connectivity index (χ1v) is 7.87. The molecule has 1 aromatic rings. The van der Waals surface area contributed by atoms with Gasteiger partial charge in [0.2, 0.25) is 5.92 Å². The van der Waals surface area contributed by atoms with Crippen LogP contribution in [0.15, 0.2) is 17.9 Å². The standard InChI is InChI=1S/C18H21F2NO2/c1-10-8-12(3)13(9-11(10)2)14-15(22)17(21-16(14)23)4-6-18(19,20)7-5-17/h8-9,22H,4-7H2,1-3H3,(H,21,23). The molecule has 0 unspecified atom stereocenters. The molecule has 0 saturated heterocycles. The summed E-state index contributed by atoms with van der Waals surface area (Å²) < 4.78 is 26.9. The predicted octanol–water partition coefficient (Wildman–Crippen LogP) is 3.96. The zero-order valence-electron chi connectivity index (χ0n) is 13.6. The fourth-order valence-corrected chi connectivity index (χ4v) is 3.57. The van der Waals surface area contributed by atoms with Gasteiger partial charge in [-0.3, -0.25) is 4.79 Å². The second kappa shape index (κ2) is 5.05. The topological polar surface area (TPSA) is 49.3 Å². The van der Waals surface area contributed by atoms with Crippen molar-refractivity contribution in [2.75, 3.05) is 0 Å². The Morgan fingerprint density at radius 2 is 1.57 bits per heavy atom. The Kier molecular flexibility index (Phi) is 3.50. The molecule has 1 aliphatic heterocycles. The zero-order chi connectivity index (χ0) is 17.0. The third kappa shape index (κ3) is 2.52. The number of rotatable bonds is 1. The van der Waals surface area contributed by atoms with Crippen molar-refractivity contribution in [3.63, 3.8) is 0 Å². The Hall–Kier alpha value is -1.91. The van der Waals surface area contributed by atoms with Crippen LogP contribution in [0.3, 0.4) is 0 Å². The number of carbonyl (C=O) groups excluding carboxylic acids is 1. The summed E-state index contributed by atoms with van der Waals surface area (Å²) in [5.41, 5.74) is 2.90. The Bertz CT molecular complexity index is 712. The molecular weight excluding hydrogens is 300 g/mol. The zero-order valence-corrected chi connectivity index (χ0v) is 13.6. The van der Waals surface area contributed by atoms with E-state index >= 15 is 0 Å². The normalized spacial score (nSPS) is 22.6. The fourth-order valence-electron chi connectivity index (χ4n) is 3.57. The van der Waals surface area contributed by atoms with Gasteiger partial charge >= 0.3 is 0 Å². The minimum atomic E-state index is -2.71. The summed E-state index contributed by atoms with van der Waals surface area (Å²) in [6.45, 7) is 5.81. The number of halogens is 2. The van der Waals surface area contributed by atoms with Gasteiger partial charge in [0.25, 0.3) is 5.91 Å². The molecule has 3 nitrogen and oxygen atoms in total. The highest BCUT2D eigenvalue weighted by Crippen LogP contribution is 2.46. The molecule has 1 saturated carbocycles. The van der Waals surface area contributed by atoms with Gasteiger partial charge in [-0.25, -0.2) is 8.78 Å². The number of aryl methyl sites for hydroxylation is 3. The summed E-state index contributed by atoms with van der Waals surface area (Å²) in [7, 11) is 0. The summed E-state index contributed by atoms with van der Waals surface area (Å²) in [5.74, 6) is -3.17. The first-order chi connectivity index (χ1) is 10.7. The number of aliphatic hydroxyl groups is 1. The molecule has 0 atom stereocenters. The van der Waals surface area contributed by atoms with E-state index in [1.165, 1.54) is 0 Å². The number of carbonyl (C=O) groups is 1. The molecule has 1 heterocycles. The van der Waals surface area contributed by atoms with Crippen molar-refractivity contribution < 1.29 is 18.7 Å². The van der Waals surface area contributed by atoms with Crippen LogP contribution in [0.25, 0.3) is 5.57 Å². The lowest BCUT2D eigenvalue weighted by molar-refractivity contribution is -0.117. The van der Waals surface area contributed by atoms with Gasteiger partial charge in [-0.05, 0) is 55.9 Å². The summed E-state index contributed by atoms with van der Waals surface area (Å²) in [6.07, 6.45) is -0.525. The molecule has 1 amide bonds. The highest BCUT2D eigenvalue weighted by Gasteiger charge is 2.51. The van der Waals surface area contributed by atoms with Crippen molar-refractivity contribution in [3.05, 3.63) is 40.1 Å². The predicted molar refractivity (Wildman–Crippen MR) is 84.5 cm³/mol. The van der Waals surface area contributed by atoms with E-state index in [9.17, 15) is 18.7 Å². The monoisotopic (exact) mass is 321 g/mol. The Labute approximate surface area is 134 Å². The molecule has 124 valence electrons. The molecule has 0 aromatic heterocycles. The maximum atomic E-state index is 13.4. The quantitative estimate of drug-likeness (QED) is 0.822. The van der Waals surface area contributed by atoms with Crippen molar-refractivity contribution in [1.82, 2.24) is 5.32 Å². The van der Waals surface area contributed by atoms with E-state index in [-0.39, 0.29) is 42.9 Å². The van der Waals surface area contributed by atoms with Crippen LogP contribution in [0.1, 0.15) is 47.9 Å². The van der Waals surface area contributed by atoms with E-state index in [1.807, 2.05) is 32.9 Å². The van der Waals surface area contributed by atoms with Gasteiger partial charge in [0.1, 0.15) is 5.76 Å². The van der Waals surface area contributed by atoms with Crippen molar-refractivity contribution in [3.8, 4) is 0 Å². The van der Waals surface area contributed by atoms with Gasteiger partial charge in [0.15, 0.2) is 0 Å². The lowest BCUT2D eigenvalue weighted by atomic mass is 9.78. The number of nitrogens with one attached hydrogen (secondary N) is 1. The largest absolute Gasteiger partial charge is 0.509 e. The molecule has 0 radical (unpaired) electrons. The molecule has 2 N–H and O–H groups in total. The maximum Gasteiger partial charge on any atom is 0.256 e. The SMILES string of the molecule is Cc1cc(C)c(C2=C(O)C3(CCC(F)(F)CC3)NC2=O)cc1C. The third-order valence-corrected chi connectivity index (χ3v) is 5.22. The van der Waals surface area contributed by atoms with Crippen LogP contribution in [0, 0.1) is 20.8 Å². The van der Waals surface area contributed by atoms with E-state index in [2.05, 4.69) is 5.32 Å². The second-order valence-corrected chi connectivity index (χ2v) is 6.87. The first kappa shape index (κ1) is 16.0. The van der Waals surface area contributed by atoms with Crippen LogP contribution in [0.4, 0.5) is 8.78 Å². The Morgan fingerprint density at radius 1 is 1.00 bits per heavy atom. The Morgan fingerprint density at radius 3 is 2.17 bits per heavy atom. The lowest BCUT2D eigenvalue weighted by Gasteiger charge is -2.36. The molecule has 1 spiro atoms. The number of alkyl halides is 2. The van der Waals surface area contributed by atoms with Crippen LogP contribution in [-0.4, -0.2) is 22.5 Å². The minimum absolute atomic E-state index is 0.0605. The van der Waals surface area contributed by atoms with Crippen LogP contribution in [-0.2, 0) is 4.79 Å². The summed E-state index contributed by atoms with van der Waals surface area (Å²) in [6, 6.07) is 3.85. The molecule has 5 heteroatoms. The highest BCUT2D eigenvalue weighted by atomic mass is 19.3. The van der Waals surface area contributed by atoms with Crippen molar-refractivity contribution in [2.24, 2.45) is 0 Å². The molecular formula is C18H21F2NO2. The smallest absolute Gasteiger partial charge is 0.256 e. The fraction of sp³-hybridized carbons (Fsp3) is 0.500. The number of hydrogen-bond donors (Lipinski definition) is 2. The average Bonchev–Trinajstić information content (AvgIpc) is 2.70. The summed E-state index contributed by atoms with van der Waals surface area (Å²) in [5, 5.41) is 13.5.